The van der Waals surface area contributed by atoms with Crippen LogP contribution in [-0.2, 0) is 9.59 Å². The minimum absolute atomic E-state index is 0.0595. The number of nitrogens with zero attached hydrogens (tertiary/aromatic N) is 3. The van der Waals surface area contributed by atoms with Gasteiger partial charge in [0.2, 0.25) is 16.9 Å². The molecule has 1 saturated heterocycles. The third kappa shape index (κ3) is 2.79. The Morgan fingerprint density at radius 2 is 2.53 bits per heavy atom. The summed E-state index contributed by atoms with van der Waals surface area (Å²) in [6, 6.07) is 0. The summed E-state index contributed by atoms with van der Waals surface area (Å²) in [6.07, 6.45) is 1.21. The molecule has 1 N–H and O–H groups in total. The van der Waals surface area contributed by atoms with Gasteiger partial charge in [-0.3, -0.25) is 9.59 Å². The number of carbonyl (C=O) groups excluding carboxylic acids is 2. The first-order valence-corrected chi connectivity index (χ1v) is 6.43. The summed E-state index contributed by atoms with van der Waals surface area (Å²) in [6.45, 7) is 3.25. The van der Waals surface area contributed by atoms with Gasteiger partial charge in [0.25, 0.3) is 0 Å². The molecule has 0 spiro atoms. The highest BCUT2D eigenvalue weighted by Gasteiger charge is 2.33. The summed E-state index contributed by atoms with van der Waals surface area (Å²) in [7, 11) is 0. The first-order chi connectivity index (χ1) is 8.20. The van der Waals surface area contributed by atoms with Gasteiger partial charge in [0.05, 0.1) is 5.92 Å². The summed E-state index contributed by atoms with van der Waals surface area (Å²) in [5.41, 5.74) is 1.55. The number of hydrogen-bond acceptors (Lipinski definition) is 5. The Morgan fingerprint density at radius 1 is 1.71 bits per heavy atom. The van der Waals surface area contributed by atoms with Crippen molar-refractivity contribution in [2.45, 2.75) is 19.8 Å². The number of likely N-dealkylation sites (tertiary alicyclic amines) is 1. The van der Waals surface area contributed by atoms with Gasteiger partial charge in [-0.25, -0.2) is 0 Å². The van der Waals surface area contributed by atoms with Gasteiger partial charge >= 0.3 is 0 Å². The number of aromatic nitrogens is 2. The fourth-order valence-corrected chi connectivity index (χ4v) is 2.32. The molecule has 1 atom stereocenters. The van der Waals surface area contributed by atoms with E-state index in [0.29, 0.717) is 18.1 Å². The first-order valence-electron chi connectivity index (χ1n) is 5.55. The largest absolute Gasteiger partial charge is 0.342 e. The number of carbonyl (C=O) groups is 2. The number of amides is 2. The van der Waals surface area contributed by atoms with Crippen LogP contribution < -0.4 is 5.32 Å². The smallest absolute Gasteiger partial charge is 0.231 e. The standard InChI is InChI=1S/C10H14N4O2S/c1-2-3-14-5-7(4-8(14)15)9(16)12-10-13-11-6-17-10/h6-7H,2-5H2,1H3,(H,12,13,16)/t7-/m1/s1. The van der Waals surface area contributed by atoms with Crippen LogP contribution in [0.25, 0.3) is 0 Å². The van der Waals surface area contributed by atoms with Crippen molar-refractivity contribution in [2.24, 2.45) is 5.92 Å². The summed E-state index contributed by atoms with van der Waals surface area (Å²) < 4.78 is 0. The maximum atomic E-state index is 11.9. The van der Waals surface area contributed by atoms with E-state index < -0.39 is 0 Å². The van der Waals surface area contributed by atoms with Crippen LogP contribution in [-0.4, -0.2) is 40.0 Å². The Morgan fingerprint density at radius 3 is 3.18 bits per heavy atom. The fraction of sp³-hybridized carbons (Fsp3) is 0.600. The average Bonchev–Trinajstić information content (AvgIpc) is 2.90. The van der Waals surface area contributed by atoms with E-state index in [-0.39, 0.29) is 17.7 Å². The lowest BCUT2D eigenvalue weighted by molar-refractivity contribution is -0.128. The zero-order chi connectivity index (χ0) is 12.3. The molecule has 17 heavy (non-hydrogen) atoms. The van der Waals surface area contributed by atoms with E-state index >= 15 is 0 Å². The fourth-order valence-electron chi connectivity index (χ4n) is 1.87. The maximum absolute atomic E-state index is 11.9. The van der Waals surface area contributed by atoms with Crippen molar-refractivity contribution in [2.75, 3.05) is 18.4 Å². The second-order valence-electron chi connectivity index (χ2n) is 3.97. The molecule has 0 unspecified atom stereocenters. The number of nitrogens with one attached hydrogen (secondary N) is 1. The molecule has 0 bridgehead atoms. The quantitative estimate of drug-likeness (QED) is 0.859. The molecule has 1 aromatic heterocycles. The maximum Gasteiger partial charge on any atom is 0.231 e. The van der Waals surface area contributed by atoms with Crippen LogP contribution in [0.1, 0.15) is 19.8 Å². The van der Waals surface area contributed by atoms with Crippen LogP contribution in [0.15, 0.2) is 5.51 Å². The van der Waals surface area contributed by atoms with Gasteiger partial charge in [-0.1, -0.05) is 18.3 Å². The van der Waals surface area contributed by atoms with Crippen LogP contribution in [0, 0.1) is 5.92 Å². The lowest BCUT2D eigenvalue weighted by Crippen LogP contribution is -2.28. The van der Waals surface area contributed by atoms with E-state index in [1.54, 1.807) is 10.4 Å². The average molecular weight is 254 g/mol. The highest BCUT2D eigenvalue weighted by atomic mass is 32.1. The van der Waals surface area contributed by atoms with E-state index in [4.69, 9.17) is 0 Å². The van der Waals surface area contributed by atoms with Crippen molar-refractivity contribution in [1.29, 1.82) is 0 Å². The van der Waals surface area contributed by atoms with Gasteiger partial charge in [0.1, 0.15) is 5.51 Å². The molecule has 1 fully saturated rings. The van der Waals surface area contributed by atoms with Crippen molar-refractivity contribution in [3.05, 3.63) is 5.51 Å². The lowest BCUT2D eigenvalue weighted by Gasteiger charge is -2.14. The zero-order valence-electron chi connectivity index (χ0n) is 9.55. The molecule has 7 heteroatoms. The molecule has 0 aromatic carbocycles. The topological polar surface area (TPSA) is 75.2 Å². The Labute approximate surface area is 103 Å². The molecule has 2 rings (SSSR count). The molecule has 92 valence electrons. The van der Waals surface area contributed by atoms with Crippen LogP contribution in [0.4, 0.5) is 5.13 Å². The molecule has 0 radical (unpaired) electrons. The Hall–Kier alpha value is -1.50. The highest BCUT2D eigenvalue weighted by Crippen LogP contribution is 2.20. The molecule has 1 aliphatic rings. The molecule has 6 nitrogen and oxygen atoms in total. The Balaban J connectivity index is 1.91. The van der Waals surface area contributed by atoms with Gasteiger partial charge < -0.3 is 10.2 Å². The van der Waals surface area contributed by atoms with Crippen molar-refractivity contribution in [3.8, 4) is 0 Å². The zero-order valence-corrected chi connectivity index (χ0v) is 10.4. The Bertz CT molecular complexity index is 406. The normalized spacial score (nSPS) is 19.7. The third-order valence-corrected chi connectivity index (χ3v) is 3.28. The van der Waals surface area contributed by atoms with E-state index in [1.165, 1.54) is 11.3 Å². The molecule has 1 aliphatic heterocycles. The molecule has 1 aromatic rings. The summed E-state index contributed by atoms with van der Waals surface area (Å²) in [5.74, 6) is -0.351. The van der Waals surface area contributed by atoms with E-state index in [1.807, 2.05) is 6.92 Å². The van der Waals surface area contributed by atoms with Crippen molar-refractivity contribution >= 4 is 28.3 Å². The molecule has 2 amide bonds. The first kappa shape index (κ1) is 12.0. The van der Waals surface area contributed by atoms with Crippen LogP contribution >= 0.6 is 11.3 Å². The predicted molar refractivity (Wildman–Crippen MR) is 63.5 cm³/mol. The van der Waals surface area contributed by atoms with Crippen LogP contribution in [0.2, 0.25) is 0 Å². The number of rotatable bonds is 4. The predicted octanol–water partition coefficient (Wildman–Crippen LogP) is 0.735. The minimum Gasteiger partial charge on any atom is -0.342 e. The second-order valence-corrected chi connectivity index (χ2v) is 4.81. The van der Waals surface area contributed by atoms with Crippen LogP contribution in [0.5, 0.6) is 0 Å². The highest BCUT2D eigenvalue weighted by molar-refractivity contribution is 7.13. The summed E-state index contributed by atoms with van der Waals surface area (Å²) in [5, 5.41) is 10.5. The number of anilines is 1. The molecular weight excluding hydrogens is 240 g/mol. The van der Waals surface area contributed by atoms with E-state index in [9.17, 15) is 9.59 Å². The van der Waals surface area contributed by atoms with Crippen LogP contribution in [0.3, 0.4) is 0 Å². The minimum atomic E-state index is -0.266. The summed E-state index contributed by atoms with van der Waals surface area (Å²) in [4.78, 5) is 25.2. The van der Waals surface area contributed by atoms with Gasteiger partial charge in [-0.05, 0) is 6.42 Å². The molecule has 0 aliphatic carbocycles. The van der Waals surface area contributed by atoms with Gasteiger partial charge in [0.15, 0.2) is 0 Å². The monoisotopic (exact) mass is 254 g/mol. The third-order valence-electron chi connectivity index (χ3n) is 2.67. The molecule has 0 saturated carbocycles. The molecular formula is C10H14N4O2S. The van der Waals surface area contributed by atoms with E-state index in [0.717, 1.165) is 13.0 Å². The second kappa shape index (κ2) is 5.22. The van der Waals surface area contributed by atoms with Crippen molar-refractivity contribution in [1.82, 2.24) is 15.1 Å². The summed E-state index contributed by atoms with van der Waals surface area (Å²) >= 11 is 1.27. The Kier molecular flexibility index (Phi) is 3.68. The lowest BCUT2D eigenvalue weighted by atomic mass is 10.1. The van der Waals surface area contributed by atoms with Gasteiger partial charge in [-0.15, -0.1) is 10.2 Å². The van der Waals surface area contributed by atoms with E-state index in [2.05, 4.69) is 15.5 Å². The molecule has 2 heterocycles. The van der Waals surface area contributed by atoms with Gasteiger partial charge in [0, 0.05) is 19.5 Å². The SMILES string of the molecule is CCCN1C[C@H](C(=O)Nc2nncs2)CC1=O. The van der Waals surface area contributed by atoms with Crippen molar-refractivity contribution in [3.63, 3.8) is 0 Å². The van der Waals surface area contributed by atoms with Crippen molar-refractivity contribution < 1.29 is 9.59 Å². The van der Waals surface area contributed by atoms with Gasteiger partial charge in [-0.2, -0.15) is 0 Å². The number of hydrogen-bond donors (Lipinski definition) is 1.